The number of benzene rings is 2. The highest BCUT2D eigenvalue weighted by Gasteiger charge is 2.44. The molecule has 71 heavy (non-hydrogen) atoms. The summed E-state index contributed by atoms with van der Waals surface area (Å²) in [6, 6.07) is 11.9. The van der Waals surface area contributed by atoms with Gasteiger partial charge in [-0.15, -0.1) is 0 Å². The SMILES string of the molecule is COCCOCCOCCOCC[N+](CCCS(=O)(=O)O)=c1ccc2c(C=CC=C3N(CCOCCOCCOCCO)c4ccc(S(=O)(=O)O)cc4C3(C)CCCS(=O)(=O)O)cc(C(C)(C)C)oc-2c1. The van der Waals surface area contributed by atoms with Crippen molar-refractivity contribution < 1.29 is 81.6 Å². The van der Waals surface area contributed by atoms with Gasteiger partial charge in [0.2, 0.25) is 5.36 Å². The zero-order valence-electron chi connectivity index (χ0n) is 41.5. The van der Waals surface area contributed by atoms with E-state index in [1.807, 2.05) is 79.7 Å². The number of aliphatic hydroxyl groups excluding tert-OH is 1. The van der Waals surface area contributed by atoms with Crippen molar-refractivity contribution in [3.63, 3.8) is 0 Å². The predicted molar refractivity (Wildman–Crippen MR) is 268 cm³/mol. The number of allylic oxidation sites excluding steroid dienone is 3. The van der Waals surface area contributed by atoms with Crippen LogP contribution in [0.1, 0.15) is 63.8 Å². The van der Waals surface area contributed by atoms with Gasteiger partial charge >= 0.3 is 0 Å². The van der Waals surface area contributed by atoms with Gasteiger partial charge in [0.25, 0.3) is 30.4 Å². The molecule has 1 aliphatic carbocycles. The molecule has 1 aromatic rings. The number of rotatable bonds is 34. The molecule has 0 spiro atoms. The highest BCUT2D eigenvalue weighted by Crippen LogP contribution is 2.51. The molecule has 1 aromatic carbocycles. The first-order valence-electron chi connectivity index (χ1n) is 23.5. The van der Waals surface area contributed by atoms with Crippen molar-refractivity contribution in [1.82, 2.24) is 4.58 Å². The van der Waals surface area contributed by atoms with Gasteiger partial charge in [0.05, 0.1) is 108 Å². The van der Waals surface area contributed by atoms with Crippen molar-refractivity contribution in [1.29, 1.82) is 0 Å². The average molecular weight is 1060 g/mol. The summed E-state index contributed by atoms with van der Waals surface area (Å²) in [6.07, 6.45) is 5.98. The minimum absolute atomic E-state index is 0.0248. The zero-order valence-corrected chi connectivity index (χ0v) is 43.9. The Morgan fingerprint density at radius 1 is 0.704 bits per heavy atom. The number of hydrogen-bond donors (Lipinski definition) is 4. The number of aliphatic hydroxyl groups is 1. The molecular weight excluding hydrogens is 989 g/mol. The fourth-order valence-electron chi connectivity index (χ4n) is 7.88. The molecule has 0 amide bonds. The van der Waals surface area contributed by atoms with E-state index in [0.29, 0.717) is 101 Å². The second kappa shape index (κ2) is 28.7. The third kappa shape index (κ3) is 20.3. The number of anilines is 1. The summed E-state index contributed by atoms with van der Waals surface area (Å²) < 4.78 is 148. The third-order valence-corrected chi connectivity index (χ3v) is 13.9. The Morgan fingerprint density at radius 3 is 1.86 bits per heavy atom. The standard InChI is InChI=1S/C48H72N2O18S3/c1-47(2,3)46-35-38(41-13-11-39(36-44(41)68-46)49(16-8-34-70(55,56)57)17-20-62-25-28-67-32-31-65-24-23-61-5)9-6-10-45-48(4,15-7-33-69(52,53)54)42-37-40(71(58,59)60)12-14-43(42)50(45)18-21-63-26-29-66-30-27-64-22-19-51/h6,9-14,35-37,51H,7-8,15-34H2,1-5H3,(H2-,52,53,54,55,56,57,58,59,60)/p+1. The fraction of sp³-hybridized carbons (Fsp3) is 0.604. The zero-order chi connectivity index (χ0) is 52.1. The molecule has 2 aliphatic heterocycles. The molecule has 0 aromatic heterocycles. The normalized spacial score (nSPS) is 16.7. The van der Waals surface area contributed by atoms with Crippen LogP contribution in [0.25, 0.3) is 17.4 Å². The summed E-state index contributed by atoms with van der Waals surface area (Å²) in [5.41, 5.74) is 1.92. The maximum absolute atomic E-state index is 12.4. The van der Waals surface area contributed by atoms with Crippen molar-refractivity contribution >= 4 is 42.1 Å². The van der Waals surface area contributed by atoms with E-state index in [9.17, 15) is 38.9 Å². The molecule has 0 saturated carbocycles. The number of nitrogens with zero attached hydrogens (tertiary/aromatic N) is 2. The lowest BCUT2D eigenvalue weighted by Crippen LogP contribution is -2.35. The van der Waals surface area contributed by atoms with Gasteiger partial charge in [-0.05, 0) is 67.3 Å². The highest BCUT2D eigenvalue weighted by atomic mass is 32.2. The Hall–Kier alpha value is -3.66. The van der Waals surface area contributed by atoms with Crippen LogP contribution in [0.2, 0.25) is 0 Å². The molecule has 400 valence electrons. The van der Waals surface area contributed by atoms with Gasteiger partial charge in [-0.3, -0.25) is 13.7 Å². The van der Waals surface area contributed by atoms with Crippen molar-refractivity contribution in [2.75, 3.05) is 136 Å². The van der Waals surface area contributed by atoms with Gasteiger partial charge in [0.1, 0.15) is 24.7 Å². The van der Waals surface area contributed by atoms with Gasteiger partial charge in [-0.2, -0.15) is 25.3 Å². The van der Waals surface area contributed by atoms with Crippen LogP contribution < -0.4 is 14.8 Å². The quantitative estimate of drug-likeness (QED) is 0.0373. The van der Waals surface area contributed by atoms with E-state index in [1.165, 1.54) is 12.1 Å². The van der Waals surface area contributed by atoms with Gasteiger partial charge in [-0.1, -0.05) is 32.9 Å². The molecule has 20 nitrogen and oxygen atoms in total. The van der Waals surface area contributed by atoms with Crippen molar-refractivity contribution in [3.05, 3.63) is 82.6 Å². The first-order chi connectivity index (χ1) is 33.6. The van der Waals surface area contributed by atoms with Crippen LogP contribution in [0.5, 0.6) is 0 Å². The van der Waals surface area contributed by atoms with Gasteiger partial charge in [0.15, 0.2) is 6.54 Å². The van der Waals surface area contributed by atoms with E-state index in [2.05, 4.69) is 0 Å². The van der Waals surface area contributed by atoms with Crippen LogP contribution in [0.15, 0.2) is 69.6 Å². The molecule has 3 aliphatic rings. The lowest BCUT2D eigenvalue weighted by atomic mass is 9.77. The second-order valence-electron chi connectivity index (χ2n) is 18.0. The topological polar surface area (TPSA) is 267 Å². The Bertz CT molecular complexity index is 2570. The molecular formula is C48H73N2O18S3+. The first kappa shape index (κ1) is 59.9. The average Bonchev–Trinajstić information content (AvgIpc) is 3.51. The van der Waals surface area contributed by atoms with Gasteiger partial charge in [0, 0.05) is 53.9 Å². The lowest BCUT2D eigenvalue weighted by molar-refractivity contribution is 0.00371. The summed E-state index contributed by atoms with van der Waals surface area (Å²) in [7, 11) is -11.6. The second-order valence-corrected chi connectivity index (χ2v) is 22.5. The third-order valence-electron chi connectivity index (χ3n) is 11.5. The van der Waals surface area contributed by atoms with Crippen LogP contribution in [-0.2, 0) is 74.3 Å². The molecule has 0 radical (unpaired) electrons. The molecule has 0 bridgehead atoms. The monoisotopic (exact) mass is 1060 g/mol. The van der Waals surface area contributed by atoms with E-state index in [-0.39, 0.29) is 63.7 Å². The summed E-state index contributed by atoms with van der Waals surface area (Å²) in [5, 5.41) is 9.62. The van der Waals surface area contributed by atoms with E-state index in [0.717, 1.165) is 16.5 Å². The van der Waals surface area contributed by atoms with E-state index < -0.39 is 52.7 Å². The van der Waals surface area contributed by atoms with Crippen molar-refractivity contribution in [2.24, 2.45) is 0 Å². The number of hydrogen-bond acceptors (Lipinski definition) is 16. The summed E-state index contributed by atoms with van der Waals surface area (Å²) in [5.74, 6) is 0.263. The molecule has 0 fully saturated rings. The summed E-state index contributed by atoms with van der Waals surface area (Å²) in [6.45, 7) is 13.2. The van der Waals surface area contributed by atoms with Crippen LogP contribution in [0, 0.1) is 0 Å². The Kier molecular flexibility index (Phi) is 24.2. The van der Waals surface area contributed by atoms with Crippen LogP contribution in [-0.4, -0.2) is 175 Å². The van der Waals surface area contributed by atoms with Crippen molar-refractivity contribution in [3.8, 4) is 11.3 Å². The minimum atomic E-state index is -4.62. The number of fused-ring (bicyclic) bond motifs is 2. The number of ether oxygens (including phenoxy) is 7. The number of methoxy groups -OCH3 is 1. The van der Waals surface area contributed by atoms with E-state index in [1.54, 1.807) is 13.2 Å². The highest BCUT2D eigenvalue weighted by molar-refractivity contribution is 7.86. The van der Waals surface area contributed by atoms with Gasteiger partial charge in [-0.25, -0.2) is 4.58 Å². The smallest absolute Gasteiger partial charge is 0.294 e. The molecule has 23 heteroatoms. The molecule has 0 saturated heterocycles. The van der Waals surface area contributed by atoms with Crippen LogP contribution in [0.4, 0.5) is 5.69 Å². The summed E-state index contributed by atoms with van der Waals surface area (Å²) >= 11 is 0. The first-order valence-corrected chi connectivity index (χ1v) is 28.1. The fourth-order valence-corrected chi connectivity index (χ4v) is 9.39. The molecule has 1 unspecified atom stereocenters. The van der Waals surface area contributed by atoms with Crippen LogP contribution >= 0.6 is 0 Å². The predicted octanol–water partition coefficient (Wildman–Crippen LogP) is 4.06. The lowest BCUT2D eigenvalue weighted by Gasteiger charge is -2.30. The van der Waals surface area contributed by atoms with Crippen LogP contribution in [0.3, 0.4) is 0 Å². The molecule has 4 N–H and O–H groups in total. The minimum Gasteiger partial charge on any atom is -0.460 e. The van der Waals surface area contributed by atoms with Crippen molar-refractivity contribution in [2.45, 2.75) is 62.7 Å². The largest absolute Gasteiger partial charge is 0.460 e. The maximum Gasteiger partial charge on any atom is 0.294 e. The van der Waals surface area contributed by atoms with Gasteiger partial charge < -0.3 is 47.6 Å². The summed E-state index contributed by atoms with van der Waals surface area (Å²) in [4.78, 5) is 1.63. The Morgan fingerprint density at radius 2 is 1.28 bits per heavy atom. The molecule has 2 heterocycles. The maximum atomic E-state index is 12.4. The van der Waals surface area contributed by atoms with E-state index in [4.69, 9.17) is 42.7 Å². The Balaban J connectivity index is 1.72. The van der Waals surface area contributed by atoms with E-state index >= 15 is 0 Å². The Labute approximate surface area is 418 Å². The molecule has 4 rings (SSSR count). The molecule has 1 atom stereocenters.